The first-order chi connectivity index (χ1) is 11.0. The third-order valence-corrected chi connectivity index (χ3v) is 3.99. The lowest BCUT2D eigenvalue weighted by Crippen LogP contribution is -2.51. The van der Waals surface area contributed by atoms with Crippen molar-refractivity contribution in [3.05, 3.63) is 34.6 Å². The van der Waals surface area contributed by atoms with Gasteiger partial charge in [0.25, 0.3) is 5.91 Å². The van der Waals surface area contributed by atoms with Gasteiger partial charge in [0, 0.05) is 37.7 Å². The Kier molecular flexibility index (Phi) is 6.36. The van der Waals surface area contributed by atoms with E-state index in [1.807, 2.05) is 11.8 Å². The topological polar surface area (TPSA) is 52.7 Å². The predicted octanol–water partition coefficient (Wildman–Crippen LogP) is 1.76. The summed E-state index contributed by atoms with van der Waals surface area (Å²) in [7, 11) is 0. The van der Waals surface area contributed by atoms with Crippen LogP contribution in [0, 0.1) is 5.82 Å². The molecule has 1 aromatic rings. The number of nitrogens with zero attached hydrogens (tertiary/aromatic N) is 2. The Balaban J connectivity index is 1.87. The van der Waals surface area contributed by atoms with Crippen LogP contribution in [0.5, 0.6) is 0 Å². The SMILES string of the molecule is CCCNC(=O)CN1CCN(C(=O)c2cc(Cl)ccc2F)CC1. The minimum absolute atomic E-state index is 0.00693. The molecule has 126 valence electrons. The van der Waals surface area contributed by atoms with Crippen LogP contribution in [0.25, 0.3) is 0 Å². The molecule has 2 rings (SSSR count). The maximum Gasteiger partial charge on any atom is 0.256 e. The number of benzene rings is 1. The van der Waals surface area contributed by atoms with E-state index in [1.54, 1.807) is 4.90 Å². The van der Waals surface area contributed by atoms with Crippen molar-refractivity contribution in [3.8, 4) is 0 Å². The van der Waals surface area contributed by atoms with Crippen molar-refractivity contribution in [2.45, 2.75) is 13.3 Å². The van der Waals surface area contributed by atoms with E-state index >= 15 is 0 Å². The highest BCUT2D eigenvalue weighted by Gasteiger charge is 2.25. The fourth-order valence-corrected chi connectivity index (χ4v) is 2.64. The number of hydrogen-bond acceptors (Lipinski definition) is 3. The molecule has 2 amide bonds. The minimum Gasteiger partial charge on any atom is -0.355 e. The van der Waals surface area contributed by atoms with E-state index in [9.17, 15) is 14.0 Å². The van der Waals surface area contributed by atoms with Gasteiger partial charge in [-0.2, -0.15) is 0 Å². The second kappa shape index (κ2) is 8.26. The van der Waals surface area contributed by atoms with Crippen LogP contribution in [0.1, 0.15) is 23.7 Å². The molecule has 1 aliphatic rings. The Bertz CT molecular complexity index is 574. The number of carbonyl (C=O) groups excluding carboxylic acids is 2. The number of hydrogen-bond donors (Lipinski definition) is 1. The molecule has 0 spiro atoms. The van der Waals surface area contributed by atoms with E-state index in [2.05, 4.69) is 5.32 Å². The van der Waals surface area contributed by atoms with Crippen LogP contribution in [-0.2, 0) is 4.79 Å². The van der Waals surface area contributed by atoms with Gasteiger partial charge >= 0.3 is 0 Å². The number of amides is 2. The molecule has 1 aromatic carbocycles. The van der Waals surface area contributed by atoms with Gasteiger partial charge in [-0.15, -0.1) is 0 Å². The van der Waals surface area contributed by atoms with Crippen molar-refractivity contribution >= 4 is 23.4 Å². The first-order valence-corrected chi connectivity index (χ1v) is 8.12. The lowest BCUT2D eigenvalue weighted by atomic mass is 10.1. The van der Waals surface area contributed by atoms with Crippen molar-refractivity contribution in [1.82, 2.24) is 15.1 Å². The third kappa shape index (κ3) is 4.91. The molecule has 0 saturated carbocycles. The van der Waals surface area contributed by atoms with E-state index in [4.69, 9.17) is 11.6 Å². The molecule has 1 N–H and O–H groups in total. The maximum absolute atomic E-state index is 13.8. The number of piperazine rings is 1. The van der Waals surface area contributed by atoms with Crippen molar-refractivity contribution in [1.29, 1.82) is 0 Å². The minimum atomic E-state index is -0.569. The van der Waals surface area contributed by atoms with Crippen LogP contribution in [0.2, 0.25) is 5.02 Å². The van der Waals surface area contributed by atoms with Gasteiger partial charge in [0.05, 0.1) is 12.1 Å². The zero-order valence-electron chi connectivity index (χ0n) is 13.1. The van der Waals surface area contributed by atoms with Gasteiger partial charge in [-0.1, -0.05) is 18.5 Å². The molecule has 23 heavy (non-hydrogen) atoms. The molecule has 0 aromatic heterocycles. The molecule has 0 aliphatic carbocycles. The molecular weight excluding hydrogens is 321 g/mol. The number of rotatable bonds is 5. The second-order valence-electron chi connectivity index (χ2n) is 5.54. The molecule has 1 aliphatic heterocycles. The number of carbonyl (C=O) groups is 2. The molecule has 1 heterocycles. The number of nitrogens with one attached hydrogen (secondary N) is 1. The summed E-state index contributed by atoms with van der Waals surface area (Å²) >= 11 is 5.83. The lowest BCUT2D eigenvalue weighted by Gasteiger charge is -2.34. The average Bonchev–Trinajstić information content (AvgIpc) is 2.55. The summed E-state index contributed by atoms with van der Waals surface area (Å²) in [5, 5.41) is 3.16. The van der Waals surface area contributed by atoms with E-state index in [0.29, 0.717) is 44.3 Å². The van der Waals surface area contributed by atoms with Crippen molar-refractivity contribution in [2.24, 2.45) is 0 Å². The molecular formula is C16H21ClFN3O2. The summed E-state index contributed by atoms with van der Waals surface area (Å²) in [6, 6.07) is 3.97. The summed E-state index contributed by atoms with van der Waals surface area (Å²) in [4.78, 5) is 27.6. The third-order valence-electron chi connectivity index (χ3n) is 3.76. The van der Waals surface area contributed by atoms with Gasteiger partial charge in [0.15, 0.2) is 0 Å². The Morgan fingerprint density at radius 3 is 2.61 bits per heavy atom. The van der Waals surface area contributed by atoms with Gasteiger partial charge in [0.2, 0.25) is 5.91 Å². The van der Waals surface area contributed by atoms with Gasteiger partial charge in [0.1, 0.15) is 5.82 Å². The van der Waals surface area contributed by atoms with Crippen molar-refractivity contribution < 1.29 is 14.0 Å². The van der Waals surface area contributed by atoms with Crippen molar-refractivity contribution in [3.63, 3.8) is 0 Å². The second-order valence-corrected chi connectivity index (χ2v) is 5.98. The molecule has 0 unspecified atom stereocenters. The highest BCUT2D eigenvalue weighted by Crippen LogP contribution is 2.17. The van der Waals surface area contributed by atoms with E-state index < -0.39 is 5.82 Å². The first-order valence-electron chi connectivity index (χ1n) is 7.74. The summed E-state index contributed by atoms with van der Waals surface area (Å²) in [5.74, 6) is -0.937. The normalized spacial score (nSPS) is 15.5. The summed E-state index contributed by atoms with van der Waals surface area (Å²) in [5.41, 5.74) is -0.00774. The molecule has 1 fully saturated rings. The molecule has 5 nitrogen and oxygen atoms in total. The van der Waals surface area contributed by atoms with Gasteiger partial charge in [-0.25, -0.2) is 4.39 Å². The largest absolute Gasteiger partial charge is 0.355 e. The van der Waals surface area contributed by atoms with E-state index in [0.717, 1.165) is 6.42 Å². The van der Waals surface area contributed by atoms with Crippen LogP contribution in [-0.4, -0.2) is 60.9 Å². The van der Waals surface area contributed by atoms with Gasteiger partial charge < -0.3 is 10.2 Å². The molecule has 1 saturated heterocycles. The van der Waals surface area contributed by atoms with Crippen molar-refractivity contribution in [2.75, 3.05) is 39.3 Å². The zero-order valence-corrected chi connectivity index (χ0v) is 13.9. The Labute approximate surface area is 140 Å². The van der Waals surface area contributed by atoms with E-state index in [-0.39, 0.29) is 17.4 Å². The van der Waals surface area contributed by atoms with E-state index in [1.165, 1.54) is 18.2 Å². The zero-order chi connectivity index (χ0) is 16.8. The van der Waals surface area contributed by atoms with Crippen LogP contribution in [0.3, 0.4) is 0 Å². The average molecular weight is 342 g/mol. The summed E-state index contributed by atoms with van der Waals surface area (Å²) in [6.07, 6.45) is 0.902. The number of halogens is 2. The standard InChI is InChI=1S/C16H21ClFN3O2/c1-2-5-19-15(22)11-20-6-8-21(9-7-20)16(23)13-10-12(17)3-4-14(13)18/h3-4,10H,2,5-9,11H2,1H3,(H,19,22). The fraction of sp³-hybridized carbons (Fsp3) is 0.500. The highest BCUT2D eigenvalue weighted by molar-refractivity contribution is 6.31. The monoisotopic (exact) mass is 341 g/mol. The molecule has 7 heteroatoms. The Hall–Kier alpha value is -1.66. The van der Waals surface area contributed by atoms with Gasteiger partial charge in [-0.3, -0.25) is 14.5 Å². The molecule has 0 bridgehead atoms. The van der Waals surface area contributed by atoms with Crippen LogP contribution in [0.15, 0.2) is 18.2 Å². The summed E-state index contributed by atoms with van der Waals surface area (Å²) in [6.45, 7) is 5.11. The summed E-state index contributed by atoms with van der Waals surface area (Å²) < 4.78 is 13.8. The molecule has 0 radical (unpaired) electrons. The highest BCUT2D eigenvalue weighted by atomic mass is 35.5. The predicted molar refractivity (Wildman–Crippen MR) is 87.1 cm³/mol. The lowest BCUT2D eigenvalue weighted by molar-refractivity contribution is -0.122. The quantitative estimate of drug-likeness (QED) is 0.888. The van der Waals surface area contributed by atoms with Gasteiger partial charge in [-0.05, 0) is 24.6 Å². The smallest absolute Gasteiger partial charge is 0.256 e. The van der Waals surface area contributed by atoms with Crippen LogP contribution >= 0.6 is 11.6 Å². The van der Waals surface area contributed by atoms with Crippen LogP contribution in [0.4, 0.5) is 4.39 Å². The Morgan fingerprint density at radius 1 is 1.26 bits per heavy atom. The Morgan fingerprint density at radius 2 is 1.96 bits per heavy atom. The maximum atomic E-state index is 13.8. The first kappa shape index (κ1) is 17.7. The van der Waals surface area contributed by atoms with Crippen LogP contribution < -0.4 is 5.32 Å². The molecule has 0 atom stereocenters. The fourth-order valence-electron chi connectivity index (χ4n) is 2.46.